The monoisotopic (exact) mass is 667 g/mol. The molecule has 2 aliphatic rings. The highest BCUT2D eigenvalue weighted by Crippen LogP contribution is 2.44. The minimum atomic E-state index is -1.59. The summed E-state index contributed by atoms with van der Waals surface area (Å²) in [6, 6.07) is 2.58. The van der Waals surface area contributed by atoms with Crippen molar-refractivity contribution in [3.8, 4) is 11.5 Å². The van der Waals surface area contributed by atoms with Crippen molar-refractivity contribution in [2.24, 2.45) is 22.7 Å². The van der Waals surface area contributed by atoms with Gasteiger partial charge in [0, 0.05) is 10.8 Å². The summed E-state index contributed by atoms with van der Waals surface area (Å²) in [5.74, 6) is -5.32. The first-order valence-electron chi connectivity index (χ1n) is 16.4. The molecule has 10 N–H and O–H groups in total. The van der Waals surface area contributed by atoms with Crippen LogP contribution in [0.1, 0.15) is 105 Å². The van der Waals surface area contributed by atoms with Crippen molar-refractivity contribution < 1.29 is 38.1 Å². The Labute approximate surface area is 281 Å². The van der Waals surface area contributed by atoms with E-state index in [1.165, 1.54) is 12.1 Å². The van der Waals surface area contributed by atoms with E-state index in [1.807, 2.05) is 6.92 Å². The Hall–Kier alpha value is -4.68. The third kappa shape index (κ3) is 7.39. The molecule has 4 atom stereocenters. The maximum atomic E-state index is 13.4. The van der Waals surface area contributed by atoms with Crippen LogP contribution in [0.4, 0.5) is 28.4 Å². The molecule has 0 aliphatic heterocycles. The van der Waals surface area contributed by atoms with E-state index in [9.17, 15) is 19.2 Å². The molecule has 4 rings (SSSR count). The van der Waals surface area contributed by atoms with Gasteiger partial charge in [0.2, 0.25) is 0 Å². The summed E-state index contributed by atoms with van der Waals surface area (Å²) in [6.45, 7) is 10.2. The van der Waals surface area contributed by atoms with Crippen LogP contribution in [0.2, 0.25) is 0 Å². The molecule has 4 unspecified atom stereocenters. The van der Waals surface area contributed by atoms with E-state index < -0.39 is 40.9 Å². The third-order valence-corrected chi connectivity index (χ3v) is 10.6. The van der Waals surface area contributed by atoms with Gasteiger partial charge in [-0.2, -0.15) is 0 Å². The maximum Gasteiger partial charge on any atom is 0.423 e. The van der Waals surface area contributed by atoms with Gasteiger partial charge in [-0.1, -0.05) is 66.2 Å². The van der Waals surface area contributed by atoms with E-state index in [4.69, 9.17) is 47.6 Å². The van der Waals surface area contributed by atoms with Gasteiger partial charge in [0.15, 0.2) is 11.5 Å². The number of rotatable bonds is 8. The summed E-state index contributed by atoms with van der Waals surface area (Å²) in [6.07, 6.45) is 8.00. The van der Waals surface area contributed by atoms with Crippen molar-refractivity contribution in [3.63, 3.8) is 0 Å². The molecule has 0 radical (unpaired) electrons. The molecule has 0 amide bonds. The van der Waals surface area contributed by atoms with Crippen LogP contribution in [0, 0.1) is 29.6 Å². The summed E-state index contributed by atoms with van der Waals surface area (Å²) in [4.78, 5) is 53.1. The smallest absolute Gasteiger partial charge is 0.423 e. The van der Waals surface area contributed by atoms with Gasteiger partial charge < -0.3 is 47.6 Å². The number of hydrogen-bond donors (Lipinski definition) is 5. The van der Waals surface area contributed by atoms with Gasteiger partial charge in [-0.3, -0.25) is 0 Å². The number of carbonyl (C=O) groups excluding carboxylic acids is 4. The Balaban J connectivity index is 1.56. The van der Waals surface area contributed by atoms with E-state index in [2.05, 4.69) is 20.8 Å². The van der Waals surface area contributed by atoms with Gasteiger partial charge in [0.25, 0.3) is 0 Å². The van der Waals surface area contributed by atoms with Crippen molar-refractivity contribution >= 4 is 52.3 Å². The van der Waals surface area contributed by atoms with Gasteiger partial charge in [0.1, 0.15) is 11.1 Å². The molecule has 2 saturated carbocycles. The zero-order valence-electron chi connectivity index (χ0n) is 28.5. The highest BCUT2D eigenvalue weighted by atomic mass is 16.6. The van der Waals surface area contributed by atoms with Crippen LogP contribution in [0.25, 0.3) is 0 Å². The molecule has 48 heavy (non-hydrogen) atoms. The van der Waals surface area contributed by atoms with Crippen LogP contribution >= 0.6 is 0 Å². The number of carbonyl (C=O) groups is 4. The molecule has 2 aromatic carbocycles. The van der Waals surface area contributed by atoms with Crippen LogP contribution in [0.3, 0.4) is 0 Å². The molecule has 0 heterocycles. The fourth-order valence-electron chi connectivity index (χ4n) is 6.64. The second-order valence-electron chi connectivity index (χ2n) is 14.1. The Morgan fingerprint density at radius 3 is 1.52 bits per heavy atom. The Bertz CT molecular complexity index is 1490. The van der Waals surface area contributed by atoms with Gasteiger partial charge in [-0.15, -0.1) is 0 Å². The summed E-state index contributed by atoms with van der Waals surface area (Å²) < 4.78 is 22.0. The second-order valence-corrected chi connectivity index (χ2v) is 14.1. The topological polar surface area (TPSA) is 235 Å². The molecule has 0 bridgehead atoms. The molecule has 2 fully saturated rings. The Morgan fingerprint density at radius 1 is 0.667 bits per heavy atom. The molecule has 13 nitrogen and oxygen atoms in total. The minimum absolute atomic E-state index is 0.0335. The highest BCUT2D eigenvalue weighted by molar-refractivity contribution is 6.31. The van der Waals surface area contributed by atoms with Crippen molar-refractivity contribution in [1.82, 2.24) is 0 Å². The average molecular weight is 668 g/mol. The second kappa shape index (κ2) is 14.2. The normalized spacial score (nSPS) is 23.9. The van der Waals surface area contributed by atoms with Gasteiger partial charge in [-0.05, 0) is 49.3 Å². The molecule has 0 spiro atoms. The highest BCUT2D eigenvalue weighted by Gasteiger charge is 2.38. The first-order chi connectivity index (χ1) is 22.5. The van der Waals surface area contributed by atoms with E-state index in [0.29, 0.717) is 17.4 Å². The number of benzene rings is 2. The average Bonchev–Trinajstić information content (AvgIpc) is 3.03. The quantitative estimate of drug-likeness (QED) is 0.106. The number of esters is 4. The fraction of sp³-hybridized carbons (Fsp3) is 0.543. The Kier molecular flexibility index (Phi) is 10.7. The third-order valence-electron chi connectivity index (χ3n) is 10.6. The molecule has 2 aromatic rings. The molecule has 0 aromatic heterocycles. The lowest BCUT2D eigenvalue weighted by Gasteiger charge is -2.39. The fourth-order valence-corrected chi connectivity index (χ4v) is 6.64. The van der Waals surface area contributed by atoms with Crippen LogP contribution in [-0.2, 0) is 19.1 Å². The number of nitrogen functional groups attached to an aromatic ring is 5. The predicted molar refractivity (Wildman–Crippen MR) is 183 cm³/mol. The van der Waals surface area contributed by atoms with Gasteiger partial charge in [-0.25, -0.2) is 19.2 Å². The van der Waals surface area contributed by atoms with Crippen molar-refractivity contribution in [1.29, 1.82) is 0 Å². The number of hydrogen-bond acceptors (Lipinski definition) is 13. The number of anilines is 5. The van der Waals surface area contributed by atoms with Crippen LogP contribution in [0.15, 0.2) is 12.1 Å². The number of aryl methyl sites for hydroxylation is 1. The summed E-state index contributed by atoms with van der Waals surface area (Å²) in [5, 5.41) is 0. The number of nitrogens with two attached hydrogens (primary N) is 5. The first kappa shape index (κ1) is 36.2. The van der Waals surface area contributed by atoms with Crippen LogP contribution in [-0.4, -0.2) is 37.1 Å². The number of ether oxygens (including phenoxy) is 4. The van der Waals surface area contributed by atoms with E-state index in [1.54, 1.807) is 6.92 Å². The lowest BCUT2D eigenvalue weighted by atomic mass is 9.69. The van der Waals surface area contributed by atoms with E-state index >= 15 is 0 Å². The molecular formula is C35H49N5O8. The zero-order valence-corrected chi connectivity index (χ0v) is 28.5. The SMILES string of the molecule is Cc1cc(N)c(OC(=O)C(=O)Oc2c(N)cc(N)c(N)c2C(=O)OCC2(C)CCCCC2C)c(C(=O)OCC2(C)CCCCC2C)c1N. The van der Waals surface area contributed by atoms with E-state index in [0.717, 1.165) is 51.4 Å². The molecule has 262 valence electrons. The van der Waals surface area contributed by atoms with Crippen molar-refractivity contribution in [3.05, 3.63) is 28.8 Å². The largest absolute Gasteiger partial charge is 0.461 e. The summed E-state index contributed by atoms with van der Waals surface area (Å²) in [7, 11) is 0. The van der Waals surface area contributed by atoms with Crippen LogP contribution in [0.5, 0.6) is 11.5 Å². The summed E-state index contributed by atoms with van der Waals surface area (Å²) >= 11 is 0. The first-order valence-corrected chi connectivity index (χ1v) is 16.4. The van der Waals surface area contributed by atoms with Crippen LogP contribution < -0.4 is 38.1 Å². The molecule has 2 aliphatic carbocycles. The minimum Gasteiger partial charge on any atom is -0.461 e. The van der Waals surface area contributed by atoms with Gasteiger partial charge in [0.05, 0.1) is 41.7 Å². The molecule has 13 heteroatoms. The molecule has 0 saturated heterocycles. The predicted octanol–water partition coefficient (Wildman–Crippen LogP) is 5.16. The molecular weight excluding hydrogens is 618 g/mol. The Morgan fingerprint density at radius 2 is 1.08 bits per heavy atom. The maximum absolute atomic E-state index is 13.4. The zero-order chi connectivity index (χ0) is 35.6. The van der Waals surface area contributed by atoms with E-state index in [-0.39, 0.29) is 58.0 Å². The standard InChI is InChI=1S/C35H49N5O8/c1-18-14-22(37)28(24(26(18)39)30(41)45-16-34(4)12-8-6-10-19(34)2)47-32(43)33(44)48-29-23(38)15-21(36)27(40)25(29)31(42)46-17-35(5)13-9-7-11-20(35)3/h14-15,19-20H,6-13,16-17,36-40H2,1-5H3. The lowest BCUT2D eigenvalue weighted by Crippen LogP contribution is -2.35. The van der Waals surface area contributed by atoms with Gasteiger partial charge >= 0.3 is 23.9 Å². The lowest BCUT2D eigenvalue weighted by molar-refractivity contribution is -0.156. The summed E-state index contributed by atoms with van der Waals surface area (Å²) in [5.41, 5.74) is 29.1. The van der Waals surface area contributed by atoms with Crippen molar-refractivity contribution in [2.45, 2.75) is 86.0 Å². The van der Waals surface area contributed by atoms with Crippen molar-refractivity contribution in [2.75, 3.05) is 41.9 Å².